The van der Waals surface area contributed by atoms with Gasteiger partial charge in [0.15, 0.2) is 5.78 Å². The van der Waals surface area contributed by atoms with Gasteiger partial charge in [0.25, 0.3) is 0 Å². The summed E-state index contributed by atoms with van der Waals surface area (Å²) in [7, 11) is 0. The van der Waals surface area contributed by atoms with Crippen molar-refractivity contribution in [2.24, 2.45) is 4.99 Å². The Labute approximate surface area is 116 Å². The fourth-order valence-corrected chi connectivity index (χ4v) is 1.65. The van der Waals surface area contributed by atoms with Crippen LogP contribution in [0.15, 0.2) is 53.5 Å². The van der Waals surface area contributed by atoms with Gasteiger partial charge in [0, 0.05) is 23.2 Å². The number of Topliss-reactive ketones (excluding diaryl/α,β-unsaturated/α-hetero) is 1. The summed E-state index contributed by atoms with van der Waals surface area (Å²) >= 11 is 5.76. The van der Waals surface area contributed by atoms with Crippen molar-refractivity contribution in [3.63, 3.8) is 0 Å². The van der Waals surface area contributed by atoms with E-state index in [9.17, 15) is 4.79 Å². The molecule has 0 aliphatic heterocycles. The maximum absolute atomic E-state index is 11.8. The number of nitrogens with zero attached hydrogens (tertiary/aromatic N) is 1. The van der Waals surface area contributed by atoms with Gasteiger partial charge < -0.3 is 5.11 Å². The van der Waals surface area contributed by atoms with E-state index in [1.54, 1.807) is 54.7 Å². The maximum atomic E-state index is 11.8. The van der Waals surface area contributed by atoms with E-state index in [2.05, 4.69) is 4.99 Å². The summed E-state index contributed by atoms with van der Waals surface area (Å²) in [5, 5.41) is 9.73. The minimum absolute atomic E-state index is 0.0146. The second-order valence-electron chi connectivity index (χ2n) is 3.96. The number of halogens is 1. The Morgan fingerprint density at radius 3 is 2.37 bits per heavy atom. The minimum Gasteiger partial charge on any atom is -0.508 e. The van der Waals surface area contributed by atoms with Crippen LogP contribution in [-0.2, 0) is 0 Å². The first-order chi connectivity index (χ1) is 9.15. The van der Waals surface area contributed by atoms with Crippen molar-refractivity contribution in [2.75, 3.05) is 0 Å². The zero-order valence-corrected chi connectivity index (χ0v) is 10.8. The van der Waals surface area contributed by atoms with Gasteiger partial charge in [0.2, 0.25) is 0 Å². The highest BCUT2D eigenvalue weighted by Gasteiger charge is 2.03. The predicted octanol–water partition coefficient (Wildman–Crippen LogP) is 4.02. The first-order valence-corrected chi connectivity index (χ1v) is 6.13. The van der Waals surface area contributed by atoms with Crippen LogP contribution in [0.3, 0.4) is 0 Å². The molecule has 0 aliphatic carbocycles. The third-order valence-electron chi connectivity index (χ3n) is 2.53. The summed E-state index contributed by atoms with van der Waals surface area (Å²) in [6.45, 7) is 0. The number of hydrogen-bond donors (Lipinski definition) is 1. The summed E-state index contributed by atoms with van der Waals surface area (Å²) in [6.07, 6.45) is 1.78. The molecule has 0 spiro atoms. The number of aromatic hydroxyl groups is 1. The molecule has 19 heavy (non-hydrogen) atoms. The van der Waals surface area contributed by atoms with E-state index in [1.165, 1.54) is 0 Å². The number of rotatable bonds is 4. The molecule has 0 saturated heterocycles. The van der Waals surface area contributed by atoms with E-state index in [0.717, 1.165) is 0 Å². The first kappa shape index (κ1) is 13.3. The lowest BCUT2D eigenvalue weighted by molar-refractivity contribution is 0.100. The Morgan fingerprint density at radius 2 is 1.74 bits per heavy atom. The molecule has 0 aliphatic rings. The molecule has 96 valence electrons. The topological polar surface area (TPSA) is 49.7 Å². The summed E-state index contributed by atoms with van der Waals surface area (Å²) < 4.78 is 0. The molecule has 3 nitrogen and oxygen atoms in total. The van der Waals surface area contributed by atoms with Crippen LogP contribution in [-0.4, -0.2) is 17.1 Å². The standard InChI is InChI=1S/C15H12ClNO2/c16-12-3-1-11(2-4-12)15(19)9-10-17-13-5-7-14(18)8-6-13/h1-8,10,18H,9H2. The van der Waals surface area contributed by atoms with Crippen LogP contribution in [0.25, 0.3) is 0 Å². The van der Waals surface area contributed by atoms with Crippen LogP contribution >= 0.6 is 11.6 Å². The molecule has 2 aromatic carbocycles. The van der Waals surface area contributed by atoms with Crippen LogP contribution in [0.5, 0.6) is 5.75 Å². The van der Waals surface area contributed by atoms with Crippen LogP contribution in [0.4, 0.5) is 5.69 Å². The molecule has 1 N–H and O–H groups in total. The van der Waals surface area contributed by atoms with Gasteiger partial charge in [-0.25, -0.2) is 0 Å². The second-order valence-corrected chi connectivity index (χ2v) is 4.40. The fourth-order valence-electron chi connectivity index (χ4n) is 1.53. The van der Waals surface area contributed by atoms with E-state index in [4.69, 9.17) is 16.7 Å². The normalized spacial score (nSPS) is 10.8. The summed E-state index contributed by atoms with van der Waals surface area (Å²) in [6, 6.07) is 13.2. The third kappa shape index (κ3) is 3.93. The summed E-state index contributed by atoms with van der Waals surface area (Å²) in [4.78, 5) is 16.0. The second kappa shape index (κ2) is 6.16. The zero-order valence-electron chi connectivity index (χ0n) is 10.1. The van der Waals surface area contributed by atoms with Crippen molar-refractivity contribution in [2.45, 2.75) is 6.42 Å². The van der Waals surface area contributed by atoms with Gasteiger partial charge in [-0.15, -0.1) is 0 Å². The quantitative estimate of drug-likeness (QED) is 0.676. The smallest absolute Gasteiger partial charge is 0.168 e. The Balaban J connectivity index is 1.96. The average Bonchev–Trinajstić information content (AvgIpc) is 2.41. The third-order valence-corrected chi connectivity index (χ3v) is 2.78. The molecule has 0 amide bonds. The first-order valence-electron chi connectivity index (χ1n) is 5.75. The highest BCUT2D eigenvalue weighted by atomic mass is 35.5. The van der Waals surface area contributed by atoms with Gasteiger partial charge in [0.05, 0.1) is 5.69 Å². The summed E-state index contributed by atoms with van der Waals surface area (Å²) in [5.74, 6) is 0.176. The van der Waals surface area contributed by atoms with Crippen molar-refractivity contribution >= 4 is 29.3 Å². The number of phenolic OH excluding ortho intramolecular Hbond substituents is 1. The number of benzene rings is 2. The highest BCUT2D eigenvalue weighted by molar-refractivity contribution is 6.30. The molecule has 2 aromatic rings. The molecular weight excluding hydrogens is 262 g/mol. The fraction of sp³-hybridized carbons (Fsp3) is 0.0667. The average molecular weight is 274 g/mol. The van der Waals surface area contributed by atoms with Gasteiger partial charge >= 0.3 is 0 Å². The van der Waals surface area contributed by atoms with Crippen LogP contribution < -0.4 is 0 Å². The molecule has 0 radical (unpaired) electrons. The van der Waals surface area contributed by atoms with Gasteiger partial charge in [-0.3, -0.25) is 9.79 Å². The van der Waals surface area contributed by atoms with Crippen molar-refractivity contribution < 1.29 is 9.90 Å². The molecule has 4 heteroatoms. The molecule has 0 bridgehead atoms. The molecule has 0 aromatic heterocycles. The van der Waals surface area contributed by atoms with E-state index in [-0.39, 0.29) is 18.0 Å². The SMILES string of the molecule is O=C(CC=Nc1ccc(O)cc1)c1ccc(Cl)cc1. The molecule has 0 unspecified atom stereocenters. The monoisotopic (exact) mass is 273 g/mol. The van der Waals surface area contributed by atoms with E-state index in [1.807, 2.05) is 0 Å². The van der Waals surface area contributed by atoms with E-state index in [0.29, 0.717) is 16.3 Å². The number of carbonyl (C=O) groups is 1. The number of carbonyl (C=O) groups excluding carboxylic acids is 1. The van der Waals surface area contributed by atoms with Crippen molar-refractivity contribution in [3.05, 3.63) is 59.1 Å². The Bertz CT molecular complexity index is 589. The molecule has 0 atom stereocenters. The maximum Gasteiger partial charge on any atom is 0.168 e. The Hall–Kier alpha value is -2.13. The lowest BCUT2D eigenvalue weighted by Gasteiger charge is -1.98. The molecule has 0 saturated carbocycles. The summed E-state index contributed by atoms with van der Waals surface area (Å²) in [5.41, 5.74) is 1.31. The molecule has 2 rings (SSSR count). The van der Waals surface area contributed by atoms with Gasteiger partial charge in [-0.1, -0.05) is 11.6 Å². The van der Waals surface area contributed by atoms with Crippen LogP contribution in [0.2, 0.25) is 5.02 Å². The molecule has 0 heterocycles. The van der Waals surface area contributed by atoms with Crippen LogP contribution in [0.1, 0.15) is 16.8 Å². The number of hydrogen-bond acceptors (Lipinski definition) is 3. The van der Waals surface area contributed by atoms with Crippen molar-refractivity contribution in [1.82, 2.24) is 0 Å². The van der Waals surface area contributed by atoms with Gasteiger partial charge in [-0.2, -0.15) is 0 Å². The zero-order chi connectivity index (χ0) is 13.7. The molecular formula is C15H12ClNO2. The number of aliphatic imine (C=N–C) groups is 1. The van der Waals surface area contributed by atoms with Crippen molar-refractivity contribution in [1.29, 1.82) is 0 Å². The largest absolute Gasteiger partial charge is 0.508 e. The van der Waals surface area contributed by atoms with E-state index < -0.39 is 0 Å². The van der Waals surface area contributed by atoms with Gasteiger partial charge in [0.1, 0.15) is 5.75 Å². The lowest BCUT2D eigenvalue weighted by atomic mass is 10.1. The van der Waals surface area contributed by atoms with E-state index >= 15 is 0 Å². The Morgan fingerprint density at radius 1 is 1.11 bits per heavy atom. The number of phenols is 1. The molecule has 0 fully saturated rings. The van der Waals surface area contributed by atoms with Gasteiger partial charge in [-0.05, 0) is 48.5 Å². The predicted molar refractivity (Wildman–Crippen MR) is 76.7 cm³/mol. The Kier molecular flexibility index (Phi) is 4.31. The highest BCUT2D eigenvalue weighted by Crippen LogP contribution is 2.16. The van der Waals surface area contributed by atoms with Crippen LogP contribution in [0, 0.1) is 0 Å². The lowest BCUT2D eigenvalue weighted by Crippen LogP contribution is -1.98. The minimum atomic E-state index is -0.0146. The number of ketones is 1. The van der Waals surface area contributed by atoms with Crippen molar-refractivity contribution in [3.8, 4) is 5.75 Å².